The number of rotatable bonds is 3. The van der Waals surface area contributed by atoms with Gasteiger partial charge in [0.1, 0.15) is 5.82 Å². The predicted molar refractivity (Wildman–Crippen MR) is 88.4 cm³/mol. The van der Waals surface area contributed by atoms with Crippen molar-refractivity contribution in [3.63, 3.8) is 0 Å². The van der Waals surface area contributed by atoms with Crippen LogP contribution in [-0.4, -0.2) is 30.5 Å². The Morgan fingerprint density at radius 3 is 2.45 bits per heavy atom. The van der Waals surface area contributed by atoms with E-state index < -0.39 is 0 Å². The minimum atomic E-state index is -0.177. The lowest BCUT2D eigenvalue weighted by Gasteiger charge is -2.41. The van der Waals surface area contributed by atoms with Gasteiger partial charge in [0.25, 0.3) is 0 Å². The molecule has 0 aromatic heterocycles. The lowest BCUT2D eigenvalue weighted by Crippen LogP contribution is -2.44. The summed E-state index contributed by atoms with van der Waals surface area (Å²) in [5.41, 5.74) is 7.47. The van der Waals surface area contributed by atoms with Crippen molar-refractivity contribution in [2.45, 2.75) is 44.4 Å². The molecular formula is C18H26FN3. The molecule has 1 aliphatic carbocycles. The van der Waals surface area contributed by atoms with Crippen LogP contribution in [-0.2, 0) is 5.41 Å². The number of nitrogens with two attached hydrogens (primary N) is 1. The van der Waals surface area contributed by atoms with Gasteiger partial charge in [0, 0.05) is 18.5 Å². The summed E-state index contributed by atoms with van der Waals surface area (Å²) in [4.78, 5) is 6.90. The molecule has 0 atom stereocenters. The van der Waals surface area contributed by atoms with E-state index in [0.29, 0.717) is 5.96 Å². The maximum Gasteiger partial charge on any atom is 0.191 e. The molecule has 4 heteroatoms. The first-order valence-electron chi connectivity index (χ1n) is 8.40. The summed E-state index contributed by atoms with van der Waals surface area (Å²) in [7, 11) is 0. The van der Waals surface area contributed by atoms with Crippen LogP contribution in [0.3, 0.4) is 0 Å². The molecule has 1 aromatic carbocycles. The van der Waals surface area contributed by atoms with E-state index in [1.807, 2.05) is 12.1 Å². The van der Waals surface area contributed by atoms with E-state index in [1.165, 1.54) is 24.8 Å². The van der Waals surface area contributed by atoms with Gasteiger partial charge in [0.15, 0.2) is 5.96 Å². The Kier molecular flexibility index (Phi) is 4.37. The van der Waals surface area contributed by atoms with Gasteiger partial charge in [-0.1, -0.05) is 25.5 Å². The molecule has 0 bridgehead atoms. The third-order valence-electron chi connectivity index (χ3n) is 5.42. The molecule has 0 spiro atoms. The van der Waals surface area contributed by atoms with E-state index in [4.69, 9.17) is 10.7 Å². The molecule has 22 heavy (non-hydrogen) atoms. The van der Waals surface area contributed by atoms with Gasteiger partial charge in [0.05, 0.1) is 6.54 Å². The quantitative estimate of drug-likeness (QED) is 0.687. The van der Waals surface area contributed by atoms with Crippen molar-refractivity contribution in [3.8, 4) is 0 Å². The average molecular weight is 303 g/mol. The molecule has 2 fully saturated rings. The average Bonchev–Trinajstić information content (AvgIpc) is 2.48. The molecule has 0 amide bonds. The fourth-order valence-corrected chi connectivity index (χ4v) is 3.52. The van der Waals surface area contributed by atoms with Gasteiger partial charge in [-0.3, -0.25) is 4.99 Å². The van der Waals surface area contributed by atoms with Crippen molar-refractivity contribution in [2.75, 3.05) is 19.6 Å². The molecule has 1 heterocycles. The van der Waals surface area contributed by atoms with Gasteiger partial charge in [0.2, 0.25) is 0 Å². The zero-order valence-corrected chi connectivity index (χ0v) is 13.4. The normalized spacial score (nSPS) is 22.5. The van der Waals surface area contributed by atoms with E-state index in [2.05, 4.69) is 11.8 Å². The van der Waals surface area contributed by atoms with Gasteiger partial charge >= 0.3 is 0 Å². The summed E-state index contributed by atoms with van der Waals surface area (Å²) in [6.45, 7) is 5.04. The fourth-order valence-electron chi connectivity index (χ4n) is 3.52. The summed E-state index contributed by atoms with van der Waals surface area (Å²) in [6, 6.07) is 6.91. The third kappa shape index (κ3) is 3.11. The molecule has 1 aromatic rings. The number of likely N-dealkylation sites (tertiary alicyclic amines) is 1. The number of halogens is 1. The Labute approximate surface area is 132 Å². The minimum Gasteiger partial charge on any atom is -0.370 e. The van der Waals surface area contributed by atoms with Crippen molar-refractivity contribution in [1.82, 2.24) is 4.90 Å². The van der Waals surface area contributed by atoms with Gasteiger partial charge in [-0.05, 0) is 49.3 Å². The molecule has 1 aliphatic heterocycles. The molecule has 120 valence electrons. The molecule has 3 rings (SSSR count). The summed E-state index contributed by atoms with van der Waals surface area (Å²) >= 11 is 0. The molecular weight excluding hydrogens is 277 g/mol. The Hall–Kier alpha value is -1.58. The van der Waals surface area contributed by atoms with Crippen molar-refractivity contribution in [2.24, 2.45) is 16.6 Å². The Morgan fingerprint density at radius 1 is 1.27 bits per heavy atom. The fraction of sp³-hybridized carbons (Fsp3) is 0.611. The number of guanidine groups is 1. The molecule has 1 saturated heterocycles. The van der Waals surface area contributed by atoms with E-state index in [9.17, 15) is 4.39 Å². The van der Waals surface area contributed by atoms with Crippen LogP contribution in [0.1, 0.15) is 44.6 Å². The van der Waals surface area contributed by atoms with Gasteiger partial charge in [-0.2, -0.15) is 0 Å². The number of nitrogens with zero attached hydrogens (tertiary/aromatic N) is 2. The summed E-state index contributed by atoms with van der Waals surface area (Å²) in [5, 5.41) is 0. The summed E-state index contributed by atoms with van der Waals surface area (Å²) in [6.07, 6.45) is 5.84. The summed E-state index contributed by atoms with van der Waals surface area (Å²) in [5.74, 6) is 1.30. The molecule has 2 aliphatic rings. The van der Waals surface area contributed by atoms with E-state index in [1.54, 1.807) is 12.1 Å². The van der Waals surface area contributed by atoms with Crippen molar-refractivity contribution in [1.29, 1.82) is 0 Å². The Balaban J connectivity index is 1.67. The Morgan fingerprint density at radius 2 is 1.91 bits per heavy atom. The molecule has 0 radical (unpaired) electrons. The van der Waals surface area contributed by atoms with Crippen LogP contribution in [0, 0.1) is 11.7 Å². The van der Waals surface area contributed by atoms with Crippen LogP contribution in [0.5, 0.6) is 0 Å². The van der Waals surface area contributed by atoms with E-state index in [0.717, 1.165) is 38.4 Å². The standard InChI is InChI=1S/C18H26FN3/c1-14-7-11-22(12-8-14)17(20)21-13-18(9-2-10-18)15-3-5-16(19)6-4-15/h3-6,14H,2,7-13H2,1H3,(H2,20,21). The first-order chi connectivity index (χ1) is 10.6. The first kappa shape index (κ1) is 15.3. The minimum absolute atomic E-state index is 0.0708. The lowest BCUT2D eigenvalue weighted by atomic mass is 9.64. The van der Waals surface area contributed by atoms with Crippen LogP contribution in [0.25, 0.3) is 0 Å². The SMILES string of the molecule is CC1CCN(C(N)=NCC2(c3ccc(F)cc3)CCC2)CC1. The van der Waals surface area contributed by atoms with Gasteiger partial charge < -0.3 is 10.6 Å². The monoisotopic (exact) mass is 303 g/mol. The largest absolute Gasteiger partial charge is 0.370 e. The van der Waals surface area contributed by atoms with Crippen LogP contribution in [0.4, 0.5) is 4.39 Å². The second kappa shape index (κ2) is 6.27. The van der Waals surface area contributed by atoms with Crippen LogP contribution >= 0.6 is 0 Å². The highest BCUT2D eigenvalue weighted by Crippen LogP contribution is 2.44. The number of hydrogen-bond acceptors (Lipinski definition) is 1. The molecule has 3 nitrogen and oxygen atoms in total. The number of aliphatic imine (C=N–C) groups is 1. The highest BCUT2D eigenvalue weighted by atomic mass is 19.1. The highest BCUT2D eigenvalue weighted by Gasteiger charge is 2.38. The number of hydrogen-bond donors (Lipinski definition) is 1. The number of benzene rings is 1. The molecule has 0 unspecified atom stereocenters. The maximum atomic E-state index is 13.1. The zero-order valence-electron chi connectivity index (χ0n) is 13.4. The lowest BCUT2D eigenvalue weighted by molar-refractivity contribution is 0.248. The number of piperidine rings is 1. The van der Waals surface area contributed by atoms with Crippen LogP contribution < -0.4 is 5.73 Å². The smallest absolute Gasteiger partial charge is 0.191 e. The summed E-state index contributed by atoms with van der Waals surface area (Å²) < 4.78 is 13.1. The Bertz CT molecular complexity index is 526. The van der Waals surface area contributed by atoms with Gasteiger partial charge in [-0.25, -0.2) is 4.39 Å². The van der Waals surface area contributed by atoms with Crippen molar-refractivity contribution in [3.05, 3.63) is 35.6 Å². The third-order valence-corrected chi connectivity index (χ3v) is 5.42. The zero-order chi connectivity index (χ0) is 15.6. The second-order valence-corrected chi connectivity index (χ2v) is 6.98. The predicted octanol–water partition coefficient (Wildman–Crippen LogP) is 3.29. The van der Waals surface area contributed by atoms with E-state index in [-0.39, 0.29) is 11.2 Å². The van der Waals surface area contributed by atoms with E-state index >= 15 is 0 Å². The highest BCUT2D eigenvalue weighted by molar-refractivity contribution is 5.78. The first-order valence-corrected chi connectivity index (χ1v) is 8.40. The van der Waals surface area contributed by atoms with Crippen molar-refractivity contribution >= 4 is 5.96 Å². The van der Waals surface area contributed by atoms with Crippen LogP contribution in [0.15, 0.2) is 29.3 Å². The second-order valence-electron chi connectivity index (χ2n) is 6.98. The topological polar surface area (TPSA) is 41.6 Å². The molecule has 2 N–H and O–H groups in total. The maximum absolute atomic E-state index is 13.1. The van der Waals surface area contributed by atoms with Crippen LogP contribution in [0.2, 0.25) is 0 Å². The molecule has 1 saturated carbocycles. The van der Waals surface area contributed by atoms with Gasteiger partial charge in [-0.15, -0.1) is 0 Å². The van der Waals surface area contributed by atoms with Crippen molar-refractivity contribution < 1.29 is 4.39 Å².